The van der Waals surface area contributed by atoms with E-state index in [1.807, 2.05) is 24.3 Å². The Balaban J connectivity index is 1.54. The van der Waals surface area contributed by atoms with Gasteiger partial charge in [-0.2, -0.15) is 0 Å². The van der Waals surface area contributed by atoms with E-state index >= 15 is 0 Å². The van der Waals surface area contributed by atoms with Crippen LogP contribution < -0.4 is 14.3 Å². The zero-order chi connectivity index (χ0) is 20.8. The maximum atomic E-state index is 12.6. The minimum absolute atomic E-state index is 0.0598. The maximum Gasteiger partial charge on any atom is 0.310 e. The van der Waals surface area contributed by atoms with Gasteiger partial charge in [0.1, 0.15) is 0 Å². The number of thiazole rings is 1. The molecular formula is C22H14ClNO5S. The summed E-state index contributed by atoms with van der Waals surface area (Å²) in [5.41, 5.74) is 2.70. The molecule has 2 heterocycles. The van der Waals surface area contributed by atoms with Gasteiger partial charge < -0.3 is 14.6 Å². The molecule has 0 atom stereocenters. The molecule has 0 spiro atoms. The molecule has 0 saturated heterocycles. The Morgan fingerprint density at radius 2 is 1.90 bits per heavy atom. The van der Waals surface area contributed by atoms with Crippen molar-refractivity contribution in [2.24, 2.45) is 0 Å². The summed E-state index contributed by atoms with van der Waals surface area (Å²) >= 11 is 7.17. The molecule has 1 aliphatic heterocycles. The van der Waals surface area contributed by atoms with Gasteiger partial charge in [0, 0.05) is 16.7 Å². The second-order valence-corrected chi connectivity index (χ2v) is 8.18. The minimum Gasteiger partial charge on any atom is -0.493 e. The first kappa shape index (κ1) is 18.7. The number of halogens is 1. The monoisotopic (exact) mass is 439 g/mol. The molecule has 30 heavy (non-hydrogen) atoms. The van der Waals surface area contributed by atoms with E-state index in [0.29, 0.717) is 32.5 Å². The fourth-order valence-electron chi connectivity index (χ4n) is 3.45. The second-order valence-electron chi connectivity index (χ2n) is 6.78. The van der Waals surface area contributed by atoms with Crippen molar-refractivity contribution in [2.45, 2.75) is 6.54 Å². The Morgan fingerprint density at radius 1 is 1.13 bits per heavy atom. The molecular weight excluding hydrogens is 426 g/mol. The van der Waals surface area contributed by atoms with Crippen molar-refractivity contribution in [3.05, 3.63) is 78.7 Å². The quantitative estimate of drug-likeness (QED) is 0.619. The van der Waals surface area contributed by atoms with E-state index in [0.717, 1.165) is 22.5 Å². The van der Waals surface area contributed by atoms with Crippen LogP contribution >= 0.6 is 22.9 Å². The first-order valence-electron chi connectivity index (χ1n) is 9.05. The Bertz CT molecular complexity index is 1320. The highest BCUT2D eigenvalue weighted by Gasteiger charge is 2.22. The molecule has 2 aromatic carbocycles. The van der Waals surface area contributed by atoms with E-state index < -0.39 is 0 Å². The minimum atomic E-state index is -0.361. The second kappa shape index (κ2) is 7.19. The van der Waals surface area contributed by atoms with Gasteiger partial charge in [-0.25, -0.2) is 0 Å². The van der Waals surface area contributed by atoms with E-state index in [4.69, 9.17) is 21.1 Å². The van der Waals surface area contributed by atoms with E-state index in [1.165, 1.54) is 10.6 Å². The lowest BCUT2D eigenvalue weighted by atomic mass is 9.91. The maximum absolute atomic E-state index is 12.6. The summed E-state index contributed by atoms with van der Waals surface area (Å²) in [7, 11) is 0. The smallest absolute Gasteiger partial charge is 0.310 e. The highest BCUT2D eigenvalue weighted by atomic mass is 35.5. The molecule has 6 nitrogen and oxygen atoms in total. The third-order valence-corrected chi connectivity index (χ3v) is 6.24. The van der Waals surface area contributed by atoms with Crippen LogP contribution in [0.25, 0.3) is 17.7 Å². The molecule has 1 aliphatic carbocycles. The third kappa shape index (κ3) is 3.12. The van der Waals surface area contributed by atoms with Crippen LogP contribution in [0.4, 0.5) is 0 Å². The van der Waals surface area contributed by atoms with Crippen molar-refractivity contribution >= 4 is 46.4 Å². The fourth-order valence-corrected chi connectivity index (χ4v) is 4.50. The molecule has 150 valence electrons. The molecule has 0 bridgehead atoms. The van der Waals surface area contributed by atoms with Crippen molar-refractivity contribution in [2.75, 3.05) is 6.79 Å². The van der Waals surface area contributed by atoms with E-state index in [9.17, 15) is 14.7 Å². The van der Waals surface area contributed by atoms with Gasteiger partial charge in [0.05, 0.1) is 11.4 Å². The summed E-state index contributed by atoms with van der Waals surface area (Å²) in [5, 5.41) is 11.1. The number of benzene rings is 2. The lowest BCUT2D eigenvalue weighted by Gasteiger charge is -2.12. The lowest BCUT2D eigenvalue weighted by Crippen LogP contribution is -2.13. The average molecular weight is 440 g/mol. The van der Waals surface area contributed by atoms with Crippen molar-refractivity contribution in [1.82, 2.24) is 4.57 Å². The summed E-state index contributed by atoms with van der Waals surface area (Å²) in [6, 6.07) is 10.8. The molecule has 1 N–H and O–H groups in total. The molecule has 0 amide bonds. The molecule has 3 aromatic rings. The highest BCUT2D eigenvalue weighted by Crippen LogP contribution is 2.38. The summed E-state index contributed by atoms with van der Waals surface area (Å²) in [4.78, 5) is 25.0. The van der Waals surface area contributed by atoms with Crippen LogP contribution in [0.15, 0.2) is 47.3 Å². The summed E-state index contributed by atoms with van der Waals surface area (Å²) < 4.78 is 11.9. The number of ketones is 1. The number of rotatable bonds is 3. The molecule has 8 heteroatoms. The predicted molar refractivity (Wildman–Crippen MR) is 115 cm³/mol. The first-order valence-corrected chi connectivity index (χ1v) is 10.2. The number of hydrogen-bond acceptors (Lipinski definition) is 6. The molecule has 5 rings (SSSR count). The molecule has 2 aliphatic rings. The highest BCUT2D eigenvalue weighted by molar-refractivity contribution is 7.10. The van der Waals surface area contributed by atoms with Crippen LogP contribution in [0.5, 0.6) is 17.4 Å². The SMILES string of the molecule is O=C1C=Cc2ccccc2/C1=C/c1sc(=O)n(Cc2cc3c(cc2Cl)OCO3)c1O. The van der Waals surface area contributed by atoms with Gasteiger partial charge >= 0.3 is 4.87 Å². The predicted octanol–water partition coefficient (Wildman–Crippen LogP) is 4.18. The van der Waals surface area contributed by atoms with E-state index in [-0.39, 0.29) is 29.9 Å². The largest absolute Gasteiger partial charge is 0.493 e. The van der Waals surface area contributed by atoms with Crippen molar-refractivity contribution in [3.63, 3.8) is 0 Å². The van der Waals surface area contributed by atoms with Gasteiger partial charge in [-0.05, 0) is 34.9 Å². The Labute approximate surface area is 179 Å². The standard InChI is InChI=1S/C22H14ClNO5S/c23-16-9-19-18(28-11-29-19)7-13(16)10-24-21(26)20(30-22(24)27)8-15-14-4-2-1-3-12(14)5-6-17(15)25/h1-9,26H,10-11H2/b15-8-. The van der Waals surface area contributed by atoms with Crippen molar-refractivity contribution in [3.8, 4) is 17.4 Å². The van der Waals surface area contributed by atoms with Gasteiger partial charge in [-0.3, -0.25) is 14.2 Å². The number of fused-ring (bicyclic) bond motifs is 2. The Hall–Kier alpha value is -3.29. The molecule has 0 radical (unpaired) electrons. The topological polar surface area (TPSA) is 77.8 Å². The number of carbonyl (C=O) groups excluding carboxylic acids is 1. The number of ether oxygens (including phenoxy) is 2. The van der Waals surface area contributed by atoms with Crippen LogP contribution in [0.1, 0.15) is 21.6 Å². The van der Waals surface area contributed by atoms with Gasteiger partial charge in [0.15, 0.2) is 17.3 Å². The number of aromatic nitrogens is 1. The van der Waals surface area contributed by atoms with Gasteiger partial charge in [-0.15, -0.1) is 0 Å². The molecule has 1 aromatic heterocycles. The van der Waals surface area contributed by atoms with Crippen molar-refractivity contribution in [1.29, 1.82) is 0 Å². The number of hydrogen-bond donors (Lipinski definition) is 1. The van der Waals surface area contributed by atoms with Crippen LogP contribution in [-0.4, -0.2) is 22.2 Å². The molecule has 0 fully saturated rings. The van der Waals surface area contributed by atoms with Gasteiger partial charge in [0.25, 0.3) is 0 Å². The Kier molecular flexibility index (Phi) is 4.49. The zero-order valence-electron chi connectivity index (χ0n) is 15.4. The van der Waals surface area contributed by atoms with Crippen molar-refractivity contribution < 1.29 is 19.4 Å². The van der Waals surface area contributed by atoms with Crippen LogP contribution in [-0.2, 0) is 11.3 Å². The molecule has 0 saturated carbocycles. The number of aromatic hydroxyl groups is 1. The third-order valence-electron chi connectivity index (χ3n) is 4.97. The Morgan fingerprint density at radius 3 is 2.73 bits per heavy atom. The fraction of sp³-hybridized carbons (Fsp3) is 0.0909. The van der Waals surface area contributed by atoms with E-state index in [1.54, 1.807) is 24.3 Å². The summed E-state index contributed by atoms with van der Waals surface area (Å²) in [6.07, 6.45) is 4.80. The average Bonchev–Trinajstić information content (AvgIpc) is 3.29. The number of nitrogens with zero attached hydrogens (tertiary/aromatic N) is 1. The summed E-state index contributed by atoms with van der Waals surface area (Å²) in [5.74, 6) is 0.680. The first-order chi connectivity index (χ1) is 14.5. The summed E-state index contributed by atoms with van der Waals surface area (Å²) in [6.45, 7) is 0.171. The van der Waals surface area contributed by atoms with E-state index in [2.05, 4.69) is 0 Å². The normalized spacial score (nSPS) is 15.6. The van der Waals surface area contributed by atoms with Gasteiger partial charge in [0.2, 0.25) is 12.7 Å². The van der Waals surface area contributed by atoms with Gasteiger partial charge in [-0.1, -0.05) is 53.3 Å². The molecule has 0 unspecified atom stereocenters. The van der Waals surface area contributed by atoms with Crippen LogP contribution in [0, 0.1) is 0 Å². The zero-order valence-corrected chi connectivity index (χ0v) is 17.0. The number of carbonyl (C=O) groups is 1. The lowest BCUT2D eigenvalue weighted by molar-refractivity contribution is -0.109. The van der Waals surface area contributed by atoms with Crippen LogP contribution in [0.3, 0.4) is 0 Å². The number of allylic oxidation sites excluding steroid dienone is 2. The van der Waals surface area contributed by atoms with Crippen LogP contribution in [0.2, 0.25) is 5.02 Å².